The van der Waals surface area contributed by atoms with Crippen molar-refractivity contribution in [2.45, 2.75) is 32.0 Å². The topological polar surface area (TPSA) is 85.1 Å². The van der Waals surface area contributed by atoms with E-state index in [1.807, 2.05) is 34.9 Å². The maximum absolute atomic E-state index is 13.3. The van der Waals surface area contributed by atoms with Gasteiger partial charge >= 0.3 is 6.18 Å². The van der Waals surface area contributed by atoms with Gasteiger partial charge in [0, 0.05) is 34.4 Å². The summed E-state index contributed by atoms with van der Waals surface area (Å²) in [6.45, 7) is 4.76. The zero-order chi connectivity index (χ0) is 26.9. The number of carbonyl (C=O) groups is 1. The third-order valence-electron chi connectivity index (χ3n) is 6.10. The molecule has 1 amide bonds. The molecule has 38 heavy (non-hydrogen) atoms. The number of rotatable bonds is 7. The van der Waals surface area contributed by atoms with Crippen molar-refractivity contribution in [3.63, 3.8) is 0 Å². The first-order valence-electron chi connectivity index (χ1n) is 11.9. The number of para-hydroxylation sites is 1. The van der Waals surface area contributed by atoms with Crippen molar-refractivity contribution < 1.29 is 18.0 Å². The molecule has 1 aliphatic rings. The van der Waals surface area contributed by atoms with Gasteiger partial charge < -0.3 is 9.88 Å². The molecule has 0 radical (unpaired) electrons. The van der Waals surface area contributed by atoms with E-state index in [0.29, 0.717) is 28.7 Å². The molecule has 1 aliphatic carbocycles. The Kier molecular flexibility index (Phi) is 6.62. The highest BCUT2D eigenvalue weighted by Gasteiger charge is 2.33. The summed E-state index contributed by atoms with van der Waals surface area (Å²) in [5.41, 5.74) is 1.10. The summed E-state index contributed by atoms with van der Waals surface area (Å²) < 4.78 is 41.9. The molecule has 2 aromatic carbocycles. The second kappa shape index (κ2) is 10.0. The number of carbonyl (C=O) groups excluding carboxylic acids is 1. The first kappa shape index (κ1) is 25.1. The number of fused-ring (bicyclic) bond motifs is 1. The summed E-state index contributed by atoms with van der Waals surface area (Å²) in [5.74, 6) is -0.160. The molecule has 5 rings (SSSR count). The number of anilines is 1. The lowest BCUT2D eigenvalue weighted by molar-refractivity contribution is -0.112. The molecule has 1 fully saturated rings. The zero-order valence-electron chi connectivity index (χ0n) is 20.4. The predicted molar refractivity (Wildman–Crippen MR) is 140 cm³/mol. The number of aromatic nitrogens is 4. The van der Waals surface area contributed by atoms with Crippen LogP contribution in [-0.2, 0) is 4.79 Å². The van der Waals surface area contributed by atoms with Crippen LogP contribution in [0, 0.1) is 0 Å². The van der Waals surface area contributed by atoms with Crippen molar-refractivity contribution in [3.05, 3.63) is 91.0 Å². The number of pyridine rings is 1. The van der Waals surface area contributed by atoms with Crippen LogP contribution < -0.4 is 5.32 Å². The number of allylic oxidation sites excluding steroid dienone is 2. The van der Waals surface area contributed by atoms with Gasteiger partial charge in [0.05, 0.1) is 5.52 Å². The lowest BCUT2D eigenvalue weighted by Gasteiger charge is -2.11. The number of nitrogens with zero attached hydrogens (tertiary/aromatic N) is 5. The van der Waals surface area contributed by atoms with Crippen LogP contribution in [0.1, 0.15) is 31.4 Å². The Morgan fingerprint density at radius 3 is 2.71 bits per heavy atom. The van der Waals surface area contributed by atoms with E-state index in [1.54, 1.807) is 36.8 Å². The molecule has 0 aliphatic heterocycles. The fourth-order valence-electron chi connectivity index (χ4n) is 3.89. The molecule has 0 saturated heterocycles. The average molecular weight is 517 g/mol. The molecular formula is C28H23F3N6O. The summed E-state index contributed by atoms with van der Waals surface area (Å²) in [4.78, 5) is 21.2. The number of hydrogen-bond acceptors (Lipinski definition) is 5. The second-order valence-corrected chi connectivity index (χ2v) is 8.99. The minimum Gasteiger partial charge on any atom is -0.321 e. The van der Waals surface area contributed by atoms with Gasteiger partial charge in [-0.05, 0) is 55.7 Å². The van der Waals surface area contributed by atoms with Crippen molar-refractivity contribution in [2.75, 3.05) is 5.32 Å². The fraction of sp³-hybridized carbons (Fsp3) is 0.179. The fourth-order valence-corrected chi connectivity index (χ4v) is 3.89. The standard InChI is InChI=1S/C28H23F3N6O/c1-17(21-13-19-6-3-4-9-24(19)32-15-21)12-25(34-18(2)28(29,30)31)27(38)35-22-8-5-7-20(14-22)26-36-33-16-37(26)23-10-11-23/h3-9,12-16,23H,1,10-11H2,2H3,(H,35,38). The third kappa shape index (κ3) is 5.54. The first-order chi connectivity index (χ1) is 18.2. The Morgan fingerprint density at radius 2 is 1.95 bits per heavy atom. The van der Waals surface area contributed by atoms with Crippen molar-refractivity contribution in [1.29, 1.82) is 0 Å². The minimum absolute atomic E-state index is 0.290. The zero-order valence-corrected chi connectivity index (χ0v) is 20.4. The Labute approximate surface area is 216 Å². The van der Waals surface area contributed by atoms with Gasteiger partial charge in [0.25, 0.3) is 5.91 Å². The van der Waals surface area contributed by atoms with Gasteiger partial charge in [0.1, 0.15) is 17.7 Å². The molecule has 0 bridgehead atoms. The Hall–Kier alpha value is -4.60. The van der Waals surface area contributed by atoms with E-state index in [2.05, 4.69) is 32.1 Å². The molecule has 0 unspecified atom stereocenters. The molecule has 2 aromatic heterocycles. The Balaban J connectivity index is 1.45. The molecule has 1 N–H and O–H groups in total. The third-order valence-corrected chi connectivity index (χ3v) is 6.10. The summed E-state index contributed by atoms with van der Waals surface area (Å²) >= 11 is 0. The van der Waals surface area contributed by atoms with Crippen molar-refractivity contribution in [2.24, 2.45) is 4.99 Å². The number of amides is 1. The minimum atomic E-state index is -4.70. The van der Waals surface area contributed by atoms with Crippen LogP contribution in [0.2, 0.25) is 0 Å². The highest BCUT2D eigenvalue weighted by atomic mass is 19.4. The number of nitrogens with one attached hydrogen (secondary N) is 1. The average Bonchev–Trinajstić information content (AvgIpc) is 3.63. The SMILES string of the molecule is C=C(C=C(N=C(C)C(F)(F)F)C(=O)Nc1cccc(-c2nncn2C2CC2)c1)c1cnc2ccccc2c1. The quantitative estimate of drug-likeness (QED) is 0.175. The molecule has 0 spiro atoms. The summed E-state index contributed by atoms with van der Waals surface area (Å²) in [6.07, 6.45) is 1.84. The van der Waals surface area contributed by atoms with Gasteiger partial charge in [-0.15, -0.1) is 10.2 Å². The van der Waals surface area contributed by atoms with Gasteiger partial charge in [0.15, 0.2) is 5.82 Å². The van der Waals surface area contributed by atoms with Crippen LogP contribution >= 0.6 is 0 Å². The van der Waals surface area contributed by atoms with E-state index < -0.39 is 23.5 Å². The van der Waals surface area contributed by atoms with Gasteiger partial charge in [-0.3, -0.25) is 9.78 Å². The number of alkyl halides is 3. The van der Waals surface area contributed by atoms with E-state index in [0.717, 1.165) is 36.2 Å². The van der Waals surface area contributed by atoms with Gasteiger partial charge in [-0.2, -0.15) is 13.2 Å². The van der Waals surface area contributed by atoms with Crippen LogP contribution in [0.3, 0.4) is 0 Å². The van der Waals surface area contributed by atoms with Gasteiger partial charge in [-0.25, -0.2) is 4.99 Å². The molecule has 2 heterocycles. The second-order valence-electron chi connectivity index (χ2n) is 8.99. The lowest BCUT2D eigenvalue weighted by atomic mass is 10.1. The molecular weight excluding hydrogens is 493 g/mol. The van der Waals surface area contributed by atoms with Crippen LogP contribution in [0.4, 0.5) is 18.9 Å². The lowest BCUT2D eigenvalue weighted by Crippen LogP contribution is -2.22. The van der Waals surface area contributed by atoms with E-state index in [4.69, 9.17) is 0 Å². The van der Waals surface area contributed by atoms with Gasteiger partial charge in [-0.1, -0.05) is 36.9 Å². The van der Waals surface area contributed by atoms with Crippen LogP contribution in [0.25, 0.3) is 27.9 Å². The van der Waals surface area contributed by atoms with Crippen LogP contribution in [0.15, 0.2) is 90.5 Å². The summed E-state index contributed by atoms with van der Waals surface area (Å²) in [7, 11) is 0. The Bertz CT molecular complexity index is 1600. The molecule has 192 valence electrons. The van der Waals surface area contributed by atoms with Crippen molar-refractivity contribution >= 4 is 33.8 Å². The predicted octanol–water partition coefficient (Wildman–Crippen LogP) is 6.39. The van der Waals surface area contributed by atoms with E-state index in [-0.39, 0.29) is 0 Å². The molecule has 10 heteroatoms. The van der Waals surface area contributed by atoms with E-state index in [9.17, 15) is 18.0 Å². The smallest absolute Gasteiger partial charge is 0.321 e. The largest absolute Gasteiger partial charge is 0.429 e. The molecule has 0 atom stereocenters. The highest BCUT2D eigenvalue weighted by Crippen LogP contribution is 2.37. The molecule has 1 saturated carbocycles. The maximum atomic E-state index is 13.3. The van der Waals surface area contributed by atoms with Crippen LogP contribution in [0.5, 0.6) is 0 Å². The Morgan fingerprint density at radius 1 is 1.16 bits per heavy atom. The summed E-state index contributed by atoms with van der Waals surface area (Å²) in [5, 5.41) is 11.7. The summed E-state index contributed by atoms with van der Waals surface area (Å²) in [6, 6.07) is 16.4. The molecule has 7 nitrogen and oxygen atoms in total. The van der Waals surface area contributed by atoms with E-state index in [1.165, 1.54) is 6.08 Å². The van der Waals surface area contributed by atoms with E-state index >= 15 is 0 Å². The van der Waals surface area contributed by atoms with Crippen molar-refractivity contribution in [3.8, 4) is 11.4 Å². The normalized spacial score (nSPS) is 14.5. The highest BCUT2D eigenvalue weighted by molar-refractivity contribution is 6.07. The molecule has 4 aromatic rings. The number of benzene rings is 2. The van der Waals surface area contributed by atoms with Crippen LogP contribution in [-0.4, -0.2) is 37.5 Å². The number of aliphatic imine (C=N–C) groups is 1. The number of hydrogen-bond donors (Lipinski definition) is 1. The first-order valence-corrected chi connectivity index (χ1v) is 11.9. The maximum Gasteiger partial charge on any atom is 0.429 e. The van der Waals surface area contributed by atoms with Crippen molar-refractivity contribution in [1.82, 2.24) is 19.7 Å². The number of halogens is 3. The monoisotopic (exact) mass is 516 g/mol. The van der Waals surface area contributed by atoms with Gasteiger partial charge in [0.2, 0.25) is 0 Å².